The van der Waals surface area contributed by atoms with Crippen molar-refractivity contribution < 1.29 is 14.6 Å². The fraction of sp³-hybridized carbons (Fsp3) is 0.176. The maximum absolute atomic E-state index is 10.0. The number of hydrogen-bond acceptors (Lipinski definition) is 6. The standard InChI is InChI=1S/C17H17BrN4O3/c1-24-13-6-3-9(7-14(13)25-2)15(19)17-20-16(21-22-17)11-8-10(18)4-5-12(11)23/h3-8,15,23H,19H2,1-2H3,(H,20,21,22)/t15-/m0/s1. The maximum Gasteiger partial charge on any atom is 0.184 e. The molecule has 4 N–H and O–H groups in total. The third-order valence-corrected chi connectivity index (χ3v) is 4.26. The summed E-state index contributed by atoms with van der Waals surface area (Å²) >= 11 is 3.37. The highest BCUT2D eigenvalue weighted by molar-refractivity contribution is 9.10. The van der Waals surface area contributed by atoms with E-state index in [1.54, 1.807) is 44.6 Å². The van der Waals surface area contributed by atoms with Crippen LogP contribution in [0.1, 0.15) is 17.4 Å². The highest BCUT2D eigenvalue weighted by Gasteiger charge is 2.18. The Labute approximate surface area is 152 Å². The Morgan fingerprint density at radius 2 is 1.88 bits per heavy atom. The molecule has 0 amide bonds. The number of H-pyrrole nitrogens is 1. The van der Waals surface area contributed by atoms with Crippen molar-refractivity contribution in [2.45, 2.75) is 6.04 Å². The molecule has 2 aromatic carbocycles. The van der Waals surface area contributed by atoms with Crippen LogP contribution in [-0.2, 0) is 0 Å². The molecule has 0 aliphatic heterocycles. The number of rotatable bonds is 5. The van der Waals surface area contributed by atoms with Crippen molar-refractivity contribution in [2.75, 3.05) is 14.2 Å². The normalized spacial score (nSPS) is 12.0. The summed E-state index contributed by atoms with van der Waals surface area (Å²) in [6.07, 6.45) is 0. The molecule has 0 spiro atoms. The number of phenols is 1. The largest absolute Gasteiger partial charge is 0.507 e. The molecule has 7 nitrogen and oxygen atoms in total. The molecule has 0 aliphatic carbocycles. The lowest BCUT2D eigenvalue weighted by molar-refractivity contribution is 0.354. The van der Waals surface area contributed by atoms with E-state index < -0.39 is 6.04 Å². The van der Waals surface area contributed by atoms with Gasteiger partial charge in [-0.3, -0.25) is 5.10 Å². The monoisotopic (exact) mass is 404 g/mol. The van der Waals surface area contributed by atoms with Gasteiger partial charge in [0.2, 0.25) is 0 Å². The van der Waals surface area contributed by atoms with Crippen LogP contribution in [0.2, 0.25) is 0 Å². The number of nitrogens with two attached hydrogens (primary N) is 1. The van der Waals surface area contributed by atoms with Crippen molar-refractivity contribution in [1.82, 2.24) is 15.2 Å². The van der Waals surface area contributed by atoms with E-state index in [9.17, 15) is 5.11 Å². The molecule has 0 unspecified atom stereocenters. The number of methoxy groups -OCH3 is 2. The van der Waals surface area contributed by atoms with Crippen LogP contribution in [0.25, 0.3) is 11.4 Å². The zero-order valence-corrected chi connectivity index (χ0v) is 15.2. The van der Waals surface area contributed by atoms with Gasteiger partial charge in [0.25, 0.3) is 0 Å². The zero-order chi connectivity index (χ0) is 18.0. The van der Waals surface area contributed by atoms with Gasteiger partial charge in [0.15, 0.2) is 17.3 Å². The smallest absolute Gasteiger partial charge is 0.184 e. The number of ether oxygens (including phenoxy) is 2. The van der Waals surface area contributed by atoms with Crippen LogP contribution in [0.3, 0.4) is 0 Å². The van der Waals surface area contributed by atoms with Crippen molar-refractivity contribution >= 4 is 15.9 Å². The van der Waals surface area contributed by atoms with Gasteiger partial charge in [-0.15, -0.1) is 0 Å². The van der Waals surface area contributed by atoms with Gasteiger partial charge in [0.1, 0.15) is 11.6 Å². The van der Waals surface area contributed by atoms with E-state index in [-0.39, 0.29) is 5.75 Å². The lowest BCUT2D eigenvalue weighted by Gasteiger charge is -2.13. The van der Waals surface area contributed by atoms with Crippen LogP contribution in [0.5, 0.6) is 17.2 Å². The van der Waals surface area contributed by atoms with Gasteiger partial charge in [-0.05, 0) is 35.9 Å². The van der Waals surface area contributed by atoms with Crippen molar-refractivity contribution in [2.24, 2.45) is 5.73 Å². The molecule has 130 valence electrons. The molecule has 1 aromatic heterocycles. The van der Waals surface area contributed by atoms with Crippen molar-refractivity contribution in [1.29, 1.82) is 0 Å². The third-order valence-electron chi connectivity index (χ3n) is 3.76. The lowest BCUT2D eigenvalue weighted by atomic mass is 10.1. The van der Waals surface area contributed by atoms with Crippen LogP contribution in [0.4, 0.5) is 0 Å². The predicted octanol–water partition coefficient (Wildman–Crippen LogP) is 3.01. The first-order valence-electron chi connectivity index (χ1n) is 7.42. The van der Waals surface area contributed by atoms with Crippen LogP contribution in [0.15, 0.2) is 40.9 Å². The minimum Gasteiger partial charge on any atom is -0.507 e. The minimum atomic E-state index is -0.532. The number of aromatic hydroxyl groups is 1. The summed E-state index contributed by atoms with van der Waals surface area (Å²) in [6.45, 7) is 0. The molecule has 3 rings (SSSR count). The van der Waals surface area contributed by atoms with Gasteiger partial charge in [0, 0.05) is 4.47 Å². The summed E-state index contributed by atoms with van der Waals surface area (Å²) in [5.74, 6) is 2.13. The molecular formula is C17H17BrN4O3. The molecule has 0 fully saturated rings. The van der Waals surface area contributed by atoms with Gasteiger partial charge in [0.05, 0.1) is 25.8 Å². The van der Waals surface area contributed by atoms with E-state index in [1.807, 2.05) is 6.07 Å². The van der Waals surface area contributed by atoms with Crippen LogP contribution in [0, 0.1) is 0 Å². The van der Waals surface area contributed by atoms with E-state index in [0.29, 0.717) is 28.7 Å². The molecular weight excluding hydrogens is 388 g/mol. The average Bonchev–Trinajstić information content (AvgIpc) is 3.12. The number of benzene rings is 2. The highest BCUT2D eigenvalue weighted by Crippen LogP contribution is 2.32. The number of nitrogens with one attached hydrogen (secondary N) is 1. The average molecular weight is 405 g/mol. The quantitative estimate of drug-likeness (QED) is 0.603. The van der Waals surface area contributed by atoms with Gasteiger partial charge in [-0.25, -0.2) is 4.98 Å². The molecule has 1 atom stereocenters. The fourth-order valence-corrected chi connectivity index (χ4v) is 2.79. The Kier molecular flexibility index (Phi) is 4.91. The van der Waals surface area contributed by atoms with E-state index >= 15 is 0 Å². The predicted molar refractivity (Wildman–Crippen MR) is 96.8 cm³/mol. The summed E-state index contributed by atoms with van der Waals surface area (Å²) in [5, 5.41) is 17.0. The number of phenolic OH excluding ortho intramolecular Hbond substituents is 1. The Morgan fingerprint density at radius 3 is 2.60 bits per heavy atom. The molecule has 0 radical (unpaired) electrons. The Hall–Kier alpha value is -2.58. The lowest BCUT2D eigenvalue weighted by Crippen LogP contribution is -2.14. The van der Waals surface area contributed by atoms with Crippen LogP contribution < -0.4 is 15.2 Å². The van der Waals surface area contributed by atoms with E-state index in [2.05, 4.69) is 31.1 Å². The Morgan fingerprint density at radius 1 is 1.12 bits per heavy atom. The molecule has 0 bridgehead atoms. The summed E-state index contributed by atoms with van der Waals surface area (Å²) in [5.41, 5.74) is 7.59. The van der Waals surface area contributed by atoms with Gasteiger partial charge in [-0.2, -0.15) is 5.10 Å². The second kappa shape index (κ2) is 7.12. The Bertz CT molecular complexity index is 897. The third kappa shape index (κ3) is 3.45. The number of halogens is 1. The summed E-state index contributed by atoms with van der Waals surface area (Å²) in [4.78, 5) is 4.41. The Balaban J connectivity index is 1.93. The van der Waals surface area contributed by atoms with Crippen molar-refractivity contribution in [3.05, 3.63) is 52.3 Å². The first-order chi connectivity index (χ1) is 12.0. The second-order valence-corrected chi connectivity index (χ2v) is 6.21. The maximum atomic E-state index is 10.0. The molecule has 0 saturated carbocycles. The molecule has 8 heteroatoms. The number of aromatic amines is 1. The number of hydrogen-bond donors (Lipinski definition) is 3. The van der Waals surface area contributed by atoms with E-state index in [1.165, 1.54) is 0 Å². The zero-order valence-electron chi connectivity index (χ0n) is 13.7. The molecule has 1 heterocycles. The molecule has 0 saturated heterocycles. The van der Waals surface area contributed by atoms with E-state index in [4.69, 9.17) is 15.2 Å². The highest BCUT2D eigenvalue weighted by atomic mass is 79.9. The van der Waals surface area contributed by atoms with Gasteiger partial charge >= 0.3 is 0 Å². The van der Waals surface area contributed by atoms with Gasteiger partial charge < -0.3 is 20.3 Å². The van der Waals surface area contributed by atoms with Crippen molar-refractivity contribution in [3.8, 4) is 28.6 Å². The topological polar surface area (TPSA) is 106 Å². The minimum absolute atomic E-state index is 0.0911. The second-order valence-electron chi connectivity index (χ2n) is 5.30. The number of aromatic nitrogens is 3. The summed E-state index contributed by atoms with van der Waals surface area (Å²) in [7, 11) is 3.14. The van der Waals surface area contributed by atoms with Gasteiger partial charge in [-0.1, -0.05) is 22.0 Å². The first-order valence-corrected chi connectivity index (χ1v) is 8.21. The van der Waals surface area contributed by atoms with E-state index in [0.717, 1.165) is 10.0 Å². The summed E-state index contributed by atoms with van der Waals surface area (Å²) in [6, 6.07) is 9.93. The SMILES string of the molecule is COc1ccc([C@H](N)c2nc(-c3cc(Br)ccc3O)n[nH]2)cc1OC. The van der Waals surface area contributed by atoms with Crippen LogP contribution in [-0.4, -0.2) is 34.5 Å². The molecule has 25 heavy (non-hydrogen) atoms. The molecule has 3 aromatic rings. The number of nitrogens with zero attached hydrogens (tertiary/aromatic N) is 2. The first kappa shape index (κ1) is 17.2. The van der Waals surface area contributed by atoms with Crippen LogP contribution >= 0.6 is 15.9 Å². The summed E-state index contributed by atoms with van der Waals surface area (Å²) < 4.78 is 11.3. The fourth-order valence-electron chi connectivity index (χ4n) is 2.43. The molecule has 0 aliphatic rings. The van der Waals surface area contributed by atoms with Crippen molar-refractivity contribution in [3.63, 3.8) is 0 Å².